The number of rotatable bonds is 6. The lowest BCUT2D eigenvalue weighted by Gasteiger charge is -2.26. The molecule has 2 heteroatoms. The van der Waals surface area contributed by atoms with E-state index in [4.69, 9.17) is 10.5 Å². The summed E-state index contributed by atoms with van der Waals surface area (Å²) in [6.07, 6.45) is 1.95. The van der Waals surface area contributed by atoms with Crippen LogP contribution in [-0.2, 0) is 4.74 Å². The highest BCUT2D eigenvalue weighted by atomic mass is 16.5. The van der Waals surface area contributed by atoms with Crippen LogP contribution in [0.2, 0.25) is 0 Å². The normalized spacial score (nSPS) is 14.7. The Balaban J connectivity index is 3.98. The van der Waals surface area contributed by atoms with Gasteiger partial charge in [-0.1, -0.05) is 13.8 Å². The smallest absolute Gasteiger partial charge is 0.0748 e. The molecule has 0 rings (SSSR count). The summed E-state index contributed by atoms with van der Waals surface area (Å²) in [4.78, 5) is 0. The molecule has 2 atom stereocenters. The van der Waals surface area contributed by atoms with E-state index in [1.807, 2.05) is 13.8 Å². The molecule has 2 N–H and O–H groups in total. The average Bonchev–Trinajstić information content (AvgIpc) is 2.13. The minimum Gasteiger partial charge on any atom is -0.377 e. The van der Waals surface area contributed by atoms with Crippen molar-refractivity contribution in [2.45, 2.75) is 52.7 Å². The minimum absolute atomic E-state index is 0.107. The monoisotopic (exact) mass is 197 g/mol. The summed E-state index contributed by atoms with van der Waals surface area (Å²) in [7, 11) is 0. The zero-order valence-electron chi connectivity index (χ0n) is 9.84. The predicted molar refractivity (Wildman–Crippen MR) is 60.9 cm³/mol. The van der Waals surface area contributed by atoms with Crippen molar-refractivity contribution in [3.05, 3.63) is 0 Å². The summed E-state index contributed by atoms with van der Waals surface area (Å²) in [6, 6.07) is 0.107. The van der Waals surface area contributed by atoms with Crippen molar-refractivity contribution in [3.8, 4) is 11.8 Å². The van der Waals surface area contributed by atoms with E-state index in [9.17, 15) is 0 Å². The van der Waals surface area contributed by atoms with Crippen molar-refractivity contribution >= 4 is 0 Å². The molecule has 0 amide bonds. The summed E-state index contributed by atoms with van der Waals surface area (Å²) in [5.74, 6) is 6.38. The summed E-state index contributed by atoms with van der Waals surface area (Å²) in [5, 5.41) is 0. The van der Waals surface area contributed by atoms with Gasteiger partial charge in [-0.25, -0.2) is 0 Å². The Hall–Kier alpha value is -0.520. The molecular formula is C12H23NO. The maximum atomic E-state index is 6.05. The SMILES string of the molecule is CC#CCCC(N)C(OCC)C(C)C. The summed E-state index contributed by atoms with van der Waals surface area (Å²) in [5.41, 5.74) is 6.05. The molecule has 0 aromatic carbocycles. The zero-order valence-corrected chi connectivity index (χ0v) is 9.84. The van der Waals surface area contributed by atoms with E-state index in [-0.39, 0.29) is 12.1 Å². The van der Waals surface area contributed by atoms with Crippen molar-refractivity contribution in [3.63, 3.8) is 0 Å². The molecule has 0 bridgehead atoms. The molecule has 0 fully saturated rings. The lowest BCUT2D eigenvalue weighted by Crippen LogP contribution is -2.40. The van der Waals surface area contributed by atoms with Crippen LogP contribution in [0.25, 0.3) is 0 Å². The second kappa shape index (κ2) is 7.84. The first-order valence-electron chi connectivity index (χ1n) is 5.40. The predicted octanol–water partition coefficient (Wildman–Crippen LogP) is 2.18. The van der Waals surface area contributed by atoms with Crippen LogP contribution in [0, 0.1) is 17.8 Å². The quantitative estimate of drug-likeness (QED) is 0.662. The Kier molecular flexibility index (Phi) is 7.55. The topological polar surface area (TPSA) is 35.2 Å². The third-order valence-corrected chi connectivity index (χ3v) is 2.22. The molecule has 2 nitrogen and oxygen atoms in total. The van der Waals surface area contributed by atoms with Gasteiger partial charge in [0.15, 0.2) is 0 Å². The average molecular weight is 197 g/mol. The van der Waals surface area contributed by atoms with Gasteiger partial charge in [0.2, 0.25) is 0 Å². The lowest BCUT2D eigenvalue weighted by atomic mass is 9.96. The molecule has 0 aliphatic carbocycles. The molecule has 82 valence electrons. The molecule has 0 radical (unpaired) electrons. The molecule has 14 heavy (non-hydrogen) atoms. The van der Waals surface area contributed by atoms with Gasteiger partial charge in [-0.15, -0.1) is 11.8 Å². The Morgan fingerprint density at radius 2 is 2.00 bits per heavy atom. The van der Waals surface area contributed by atoms with Crippen molar-refractivity contribution in [2.75, 3.05) is 6.61 Å². The van der Waals surface area contributed by atoms with E-state index in [2.05, 4.69) is 25.7 Å². The van der Waals surface area contributed by atoms with Gasteiger partial charge in [0, 0.05) is 19.1 Å². The highest BCUT2D eigenvalue weighted by Gasteiger charge is 2.20. The standard InChI is InChI=1S/C12H23NO/c1-5-7-8-9-11(13)12(10(3)4)14-6-2/h10-12H,6,8-9,13H2,1-4H3. The van der Waals surface area contributed by atoms with E-state index in [1.54, 1.807) is 0 Å². The van der Waals surface area contributed by atoms with Crippen LogP contribution in [0.4, 0.5) is 0 Å². The van der Waals surface area contributed by atoms with Gasteiger partial charge in [0.05, 0.1) is 6.10 Å². The first-order chi connectivity index (χ1) is 6.63. The van der Waals surface area contributed by atoms with Crippen LogP contribution in [0.15, 0.2) is 0 Å². The van der Waals surface area contributed by atoms with Crippen LogP contribution in [-0.4, -0.2) is 18.8 Å². The second-order valence-corrected chi connectivity index (χ2v) is 3.79. The molecule has 0 saturated carbocycles. The van der Waals surface area contributed by atoms with Gasteiger partial charge >= 0.3 is 0 Å². The summed E-state index contributed by atoms with van der Waals surface area (Å²) >= 11 is 0. The Labute approximate surface area is 88.2 Å². The number of ether oxygens (including phenoxy) is 1. The molecule has 0 aliphatic heterocycles. The van der Waals surface area contributed by atoms with Gasteiger partial charge in [-0.2, -0.15) is 0 Å². The highest BCUT2D eigenvalue weighted by molar-refractivity contribution is 4.96. The Morgan fingerprint density at radius 3 is 2.43 bits per heavy atom. The number of nitrogens with two attached hydrogens (primary N) is 1. The largest absolute Gasteiger partial charge is 0.377 e. The van der Waals surface area contributed by atoms with Crippen molar-refractivity contribution in [1.82, 2.24) is 0 Å². The number of hydrogen-bond acceptors (Lipinski definition) is 2. The van der Waals surface area contributed by atoms with Gasteiger partial charge in [-0.05, 0) is 26.2 Å². The molecule has 0 aromatic heterocycles. The first-order valence-corrected chi connectivity index (χ1v) is 5.40. The van der Waals surface area contributed by atoms with Crippen LogP contribution in [0.3, 0.4) is 0 Å². The number of hydrogen-bond donors (Lipinski definition) is 1. The molecule has 0 heterocycles. The van der Waals surface area contributed by atoms with E-state index in [0.717, 1.165) is 19.4 Å². The fourth-order valence-electron chi connectivity index (χ4n) is 1.53. The Bertz CT molecular complexity index is 190. The van der Waals surface area contributed by atoms with E-state index >= 15 is 0 Å². The van der Waals surface area contributed by atoms with Gasteiger partial charge in [0.25, 0.3) is 0 Å². The van der Waals surface area contributed by atoms with E-state index in [0.29, 0.717) is 5.92 Å². The van der Waals surface area contributed by atoms with Crippen LogP contribution >= 0.6 is 0 Å². The van der Waals surface area contributed by atoms with Crippen molar-refractivity contribution < 1.29 is 4.74 Å². The van der Waals surface area contributed by atoms with Crippen molar-refractivity contribution in [1.29, 1.82) is 0 Å². The van der Waals surface area contributed by atoms with Crippen LogP contribution in [0.1, 0.15) is 40.5 Å². The van der Waals surface area contributed by atoms with Crippen molar-refractivity contribution in [2.24, 2.45) is 11.7 Å². The molecule has 0 saturated heterocycles. The zero-order chi connectivity index (χ0) is 11.0. The van der Waals surface area contributed by atoms with E-state index in [1.165, 1.54) is 0 Å². The fourth-order valence-corrected chi connectivity index (χ4v) is 1.53. The van der Waals surface area contributed by atoms with Crippen LogP contribution in [0.5, 0.6) is 0 Å². The summed E-state index contributed by atoms with van der Waals surface area (Å²) < 4.78 is 5.62. The lowest BCUT2D eigenvalue weighted by molar-refractivity contribution is 0.0112. The maximum Gasteiger partial charge on any atom is 0.0748 e. The minimum atomic E-state index is 0.107. The molecule has 0 spiro atoms. The van der Waals surface area contributed by atoms with E-state index < -0.39 is 0 Å². The van der Waals surface area contributed by atoms with Gasteiger partial charge in [-0.3, -0.25) is 0 Å². The fraction of sp³-hybridized carbons (Fsp3) is 0.833. The third-order valence-electron chi connectivity index (χ3n) is 2.22. The first kappa shape index (κ1) is 13.5. The third kappa shape index (κ3) is 5.26. The molecular weight excluding hydrogens is 174 g/mol. The molecule has 0 aliphatic rings. The highest BCUT2D eigenvalue weighted by Crippen LogP contribution is 2.13. The van der Waals surface area contributed by atoms with Gasteiger partial charge in [0.1, 0.15) is 0 Å². The molecule has 2 unspecified atom stereocenters. The second-order valence-electron chi connectivity index (χ2n) is 3.79. The maximum absolute atomic E-state index is 6.05. The van der Waals surface area contributed by atoms with Crippen LogP contribution < -0.4 is 5.73 Å². The molecule has 0 aromatic rings. The van der Waals surface area contributed by atoms with Gasteiger partial charge < -0.3 is 10.5 Å². The Morgan fingerprint density at radius 1 is 1.36 bits per heavy atom. The summed E-state index contributed by atoms with van der Waals surface area (Å²) in [6.45, 7) is 8.88.